The van der Waals surface area contributed by atoms with Crippen LogP contribution in [0.4, 0.5) is 14.6 Å². The molecule has 1 aromatic rings. The molecule has 2 unspecified atom stereocenters. The van der Waals surface area contributed by atoms with Crippen LogP contribution in [0.5, 0.6) is 0 Å². The predicted octanol–water partition coefficient (Wildman–Crippen LogP) is 0.404. The Bertz CT molecular complexity index is 475. The molecular formula is C10H13F2N3O2. The van der Waals surface area contributed by atoms with Crippen molar-refractivity contribution in [1.82, 2.24) is 9.55 Å². The summed E-state index contributed by atoms with van der Waals surface area (Å²) in [6.07, 6.45) is 0.878. The fourth-order valence-corrected chi connectivity index (χ4v) is 2.21. The minimum atomic E-state index is -3.00. The SMILES string of the molecule is Nc1ccn(C2CC(CO)CC2(F)F)c(=O)n1. The van der Waals surface area contributed by atoms with Crippen molar-refractivity contribution in [3.05, 3.63) is 22.7 Å². The van der Waals surface area contributed by atoms with E-state index in [1.165, 1.54) is 12.3 Å². The molecule has 1 fully saturated rings. The van der Waals surface area contributed by atoms with Gasteiger partial charge < -0.3 is 10.8 Å². The minimum Gasteiger partial charge on any atom is -0.396 e. The van der Waals surface area contributed by atoms with Crippen LogP contribution in [0.1, 0.15) is 18.9 Å². The van der Waals surface area contributed by atoms with Gasteiger partial charge in [-0.3, -0.25) is 4.57 Å². The summed E-state index contributed by atoms with van der Waals surface area (Å²) in [4.78, 5) is 14.9. The Balaban J connectivity index is 2.37. The quantitative estimate of drug-likeness (QED) is 0.790. The highest BCUT2D eigenvalue weighted by Gasteiger charge is 2.49. The number of nitrogens with two attached hydrogens (primary N) is 1. The first kappa shape index (κ1) is 12.0. The van der Waals surface area contributed by atoms with Crippen LogP contribution in [-0.4, -0.2) is 27.2 Å². The van der Waals surface area contributed by atoms with Gasteiger partial charge in [0, 0.05) is 19.2 Å². The highest BCUT2D eigenvalue weighted by atomic mass is 19.3. The molecule has 94 valence electrons. The van der Waals surface area contributed by atoms with E-state index in [0.29, 0.717) is 0 Å². The maximum atomic E-state index is 13.7. The number of nitrogen functional groups attached to an aromatic ring is 1. The van der Waals surface area contributed by atoms with Gasteiger partial charge in [0.15, 0.2) is 0 Å². The van der Waals surface area contributed by atoms with E-state index in [0.717, 1.165) is 4.57 Å². The summed E-state index contributed by atoms with van der Waals surface area (Å²) in [6, 6.07) is 0.0595. The average Bonchev–Trinajstić information content (AvgIpc) is 2.54. The van der Waals surface area contributed by atoms with Crippen molar-refractivity contribution in [3.63, 3.8) is 0 Å². The number of anilines is 1. The molecule has 3 N–H and O–H groups in total. The third-order valence-corrected chi connectivity index (χ3v) is 3.05. The van der Waals surface area contributed by atoms with E-state index in [4.69, 9.17) is 10.8 Å². The number of halogens is 2. The van der Waals surface area contributed by atoms with Crippen molar-refractivity contribution in [1.29, 1.82) is 0 Å². The Labute approximate surface area is 95.9 Å². The summed E-state index contributed by atoms with van der Waals surface area (Å²) in [7, 11) is 0. The normalized spacial score (nSPS) is 27.2. The molecule has 1 aromatic heterocycles. The van der Waals surface area contributed by atoms with Crippen molar-refractivity contribution in [2.24, 2.45) is 5.92 Å². The van der Waals surface area contributed by atoms with Crippen LogP contribution in [0.3, 0.4) is 0 Å². The zero-order valence-electron chi connectivity index (χ0n) is 9.01. The highest BCUT2D eigenvalue weighted by Crippen LogP contribution is 2.46. The van der Waals surface area contributed by atoms with E-state index in [2.05, 4.69) is 4.98 Å². The molecular weight excluding hydrogens is 232 g/mol. The van der Waals surface area contributed by atoms with Crippen molar-refractivity contribution in [2.45, 2.75) is 24.8 Å². The van der Waals surface area contributed by atoms with Crippen molar-refractivity contribution in [3.8, 4) is 0 Å². The summed E-state index contributed by atoms with van der Waals surface area (Å²) in [5.41, 5.74) is 4.51. The van der Waals surface area contributed by atoms with E-state index >= 15 is 0 Å². The van der Waals surface area contributed by atoms with Crippen molar-refractivity contribution >= 4 is 5.82 Å². The topological polar surface area (TPSA) is 81.1 Å². The molecule has 1 heterocycles. The number of alkyl halides is 2. The first-order valence-corrected chi connectivity index (χ1v) is 5.27. The first-order chi connectivity index (χ1) is 7.94. The third-order valence-electron chi connectivity index (χ3n) is 3.05. The van der Waals surface area contributed by atoms with E-state index in [1.54, 1.807) is 0 Å². The Morgan fingerprint density at radius 3 is 2.88 bits per heavy atom. The number of hydrogen-bond acceptors (Lipinski definition) is 4. The lowest BCUT2D eigenvalue weighted by Gasteiger charge is -2.20. The largest absolute Gasteiger partial charge is 0.396 e. The molecule has 0 amide bonds. The first-order valence-electron chi connectivity index (χ1n) is 5.27. The molecule has 1 aliphatic carbocycles. The second kappa shape index (κ2) is 4.06. The monoisotopic (exact) mass is 245 g/mol. The maximum Gasteiger partial charge on any atom is 0.349 e. The van der Waals surface area contributed by atoms with Gasteiger partial charge in [0.2, 0.25) is 0 Å². The minimum absolute atomic E-state index is 0.00581. The Hall–Kier alpha value is -1.50. The number of nitrogens with zero attached hydrogens (tertiary/aromatic N) is 2. The summed E-state index contributed by atoms with van der Waals surface area (Å²) in [5.74, 6) is -3.49. The van der Waals surface area contributed by atoms with E-state index < -0.39 is 30.0 Å². The number of aromatic nitrogens is 2. The lowest BCUT2D eigenvalue weighted by molar-refractivity contribution is -0.0353. The lowest BCUT2D eigenvalue weighted by atomic mass is 10.1. The zero-order valence-corrected chi connectivity index (χ0v) is 9.01. The van der Waals surface area contributed by atoms with Crippen molar-refractivity contribution in [2.75, 3.05) is 12.3 Å². The molecule has 0 saturated heterocycles. The van der Waals surface area contributed by atoms with Gasteiger partial charge in [-0.15, -0.1) is 0 Å². The maximum absolute atomic E-state index is 13.7. The molecule has 0 radical (unpaired) electrons. The summed E-state index contributed by atoms with van der Waals surface area (Å²) in [6.45, 7) is -0.302. The fraction of sp³-hybridized carbons (Fsp3) is 0.600. The molecule has 1 aliphatic rings. The van der Waals surface area contributed by atoms with Gasteiger partial charge in [0.1, 0.15) is 11.9 Å². The molecule has 0 spiro atoms. The van der Waals surface area contributed by atoms with Crippen LogP contribution in [0.15, 0.2) is 17.1 Å². The van der Waals surface area contributed by atoms with Gasteiger partial charge >= 0.3 is 5.69 Å². The zero-order chi connectivity index (χ0) is 12.6. The van der Waals surface area contributed by atoms with Gasteiger partial charge in [0.05, 0.1) is 0 Å². The lowest BCUT2D eigenvalue weighted by Crippen LogP contribution is -2.34. The molecule has 2 atom stereocenters. The third kappa shape index (κ3) is 2.14. The van der Waals surface area contributed by atoms with Gasteiger partial charge in [-0.1, -0.05) is 0 Å². The van der Waals surface area contributed by atoms with Gasteiger partial charge in [-0.25, -0.2) is 13.6 Å². The molecule has 1 saturated carbocycles. The fourth-order valence-electron chi connectivity index (χ4n) is 2.21. The second-order valence-electron chi connectivity index (χ2n) is 4.31. The van der Waals surface area contributed by atoms with E-state index in [9.17, 15) is 13.6 Å². The molecule has 0 bridgehead atoms. The summed E-state index contributed by atoms with van der Waals surface area (Å²) >= 11 is 0. The van der Waals surface area contributed by atoms with Crippen LogP contribution < -0.4 is 11.4 Å². The number of aliphatic hydroxyl groups excluding tert-OH is 1. The van der Waals surface area contributed by atoms with Gasteiger partial charge in [-0.2, -0.15) is 4.98 Å². The van der Waals surface area contributed by atoms with Gasteiger partial charge in [-0.05, 0) is 18.4 Å². The van der Waals surface area contributed by atoms with Crippen LogP contribution in [0, 0.1) is 5.92 Å². The molecule has 17 heavy (non-hydrogen) atoms. The number of aliphatic hydroxyl groups is 1. The standard InChI is InChI=1S/C10H13F2N3O2/c11-10(12)4-6(5-16)3-7(10)15-2-1-8(13)14-9(15)17/h1-2,6-7,16H,3-5H2,(H2,13,14,17). The summed E-state index contributed by atoms with van der Waals surface area (Å²) in [5, 5.41) is 8.92. The molecule has 0 aromatic carbocycles. The Kier molecular flexibility index (Phi) is 2.86. The second-order valence-corrected chi connectivity index (χ2v) is 4.31. The van der Waals surface area contributed by atoms with Crippen molar-refractivity contribution < 1.29 is 13.9 Å². The molecule has 7 heteroatoms. The van der Waals surface area contributed by atoms with Crippen LogP contribution in [0.2, 0.25) is 0 Å². The Morgan fingerprint density at radius 1 is 1.65 bits per heavy atom. The average molecular weight is 245 g/mol. The van der Waals surface area contributed by atoms with Crippen LogP contribution in [-0.2, 0) is 0 Å². The van der Waals surface area contributed by atoms with E-state index in [-0.39, 0.29) is 18.8 Å². The molecule has 0 aliphatic heterocycles. The molecule has 2 rings (SSSR count). The Morgan fingerprint density at radius 2 is 2.35 bits per heavy atom. The van der Waals surface area contributed by atoms with Gasteiger partial charge in [0.25, 0.3) is 5.92 Å². The van der Waals surface area contributed by atoms with E-state index in [1.807, 2.05) is 0 Å². The summed E-state index contributed by atoms with van der Waals surface area (Å²) < 4.78 is 28.3. The van der Waals surface area contributed by atoms with Crippen LogP contribution >= 0.6 is 0 Å². The smallest absolute Gasteiger partial charge is 0.349 e. The predicted molar refractivity (Wildman–Crippen MR) is 56.7 cm³/mol. The van der Waals surface area contributed by atoms with Crippen LogP contribution in [0.25, 0.3) is 0 Å². The molecule has 5 nitrogen and oxygen atoms in total. The number of hydrogen-bond donors (Lipinski definition) is 2. The number of rotatable bonds is 2. The highest BCUT2D eigenvalue weighted by molar-refractivity contribution is 5.23.